The second-order valence-electron chi connectivity index (χ2n) is 0.627. The molecule has 27 valence electrons. The Morgan fingerprint density at radius 3 is 2.20 bits per heavy atom. The van der Waals surface area contributed by atoms with Crippen molar-refractivity contribution in [3.05, 3.63) is 12.3 Å². The molecule has 5 heavy (non-hydrogen) atoms. The van der Waals surface area contributed by atoms with E-state index in [1.165, 1.54) is 0 Å². The number of hydrogen-bond acceptors (Lipinski definition) is 2. The van der Waals surface area contributed by atoms with Gasteiger partial charge >= 0.3 is 0 Å². The van der Waals surface area contributed by atoms with Crippen LogP contribution in [-0.2, 0) is 0 Å². The molecule has 0 unspecified atom stereocenters. The second-order valence-corrected chi connectivity index (χ2v) is 0.831. The Morgan fingerprint density at radius 2 is 2.20 bits per heavy atom. The van der Waals surface area contributed by atoms with Crippen LogP contribution in [0, 0.1) is 0 Å². The molecular formula is C3H4NS. The molecule has 0 fully saturated rings. The van der Waals surface area contributed by atoms with Gasteiger partial charge in [-0.1, -0.05) is 18.8 Å². The van der Waals surface area contributed by atoms with Gasteiger partial charge in [0.05, 0.1) is 5.37 Å². The van der Waals surface area contributed by atoms with E-state index in [-0.39, 0.29) is 0 Å². The van der Waals surface area contributed by atoms with Crippen molar-refractivity contribution in [3.63, 3.8) is 0 Å². The zero-order valence-corrected chi connectivity index (χ0v) is 3.51. The van der Waals surface area contributed by atoms with Crippen molar-refractivity contribution in [2.75, 3.05) is 0 Å². The maximum Gasteiger partial charge on any atom is 0.0801 e. The smallest absolute Gasteiger partial charge is 0.0801 e. The highest BCUT2D eigenvalue weighted by Crippen LogP contribution is 1.61. The van der Waals surface area contributed by atoms with Crippen molar-refractivity contribution in [3.8, 4) is 0 Å². The Hall–Kier alpha value is -0.370. The van der Waals surface area contributed by atoms with E-state index in [1.54, 1.807) is 0 Å². The Morgan fingerprint density at radius 1 is 2.00 bits per heavy atom. The van der Waals surface area contributed by atoms with Crippen LogP contribution in [0.2, 0.25) is 0 Å². The van der Waals surface area contributed by atoms with Gasteiger partial charge < -0.3 is 5.73 Å². The fraction of sp³-hybridized carbons (Fsp3) is 0. The summed E-state index contributed by atoms with van der Waals surface area (Å²) in [5.41, 5.74) is 5.20. The summed E-state index contributed by atoms with van der Waals surface area (Å²) in [6, 6.07) is 0. The number of nitrogens with two attached hydrogens (primary N) is 1. The molecule has 2 N–H and O–H groups in total. The number of hydrogen-bond donors (Lipinski definition) is 1. The molecule has 0 rings (SSSR count). The standard InChI is InChI=1S/C3H4NS/c1-3(4)2-5/h1,4H2. The molecule has 0 aliphatic carbocycles. The van der Waals surface area contributed by atoms with Crippen LogP contribution in [0.15, 0.2) is 12.3 Å². The third-order valence-electron chi connectivity index (χ3n) is 0.131. The van der Waals surface area contributed by atoms with E-state index in [1.807, 2.05) is 0 Å². The first-order valence-corrected chi connectivity index (χ1v) is 1.50. The maximum atomic E-state index is 4.88. The van der Waals surface area contributed by atoms with E-state index in [0.717, 1.165) is 0 Å². The third kappa shape index (κ3) is 3.63. The van der Waals surface area contributed by atoms with E-state index >= 15 is 0 Å². The minimum absolute atomic E-state index is 0.319. The largest absolute Gasteiger partial charge is 0.398 e. The van der Waals surface area contributed by atoms with Crippen molar-refractivity contribution in [1.29, 1.82) is 0 Å². The van der Waals surface area contributed by atoms with Crippen molar-refractivity contribution in [2.45, 2.75) is 0 Å². The minimum Gasteiger partial charge on any atom is -0.398 e. The van der Waals surface area contributed by atoms with Crippen molar-refractivity contribution in [1.82, 2.24) is 0 Å². The molecule has 0 aromatic carbocycles. The molecule has 0 bridgehead atoms. The molecular weight excluding hydrogens is 82.1 g/mol. The normalized spacial score (nSPS) is 6.40. The van der Waals surface area contributed by atoms with Crippen LogP contribution in [0.4, 0.5) is 0 Å². The second kappa shape index (κ2) is 1.91. The van der Waals surface area contributed by atoms with Gasteiger partial charge in [-0.3, -0.25) is 0 Å². The van der Waals surface area contributed by atoms with Gasteiger partial charge in [0.15, 0.2) is 0 Å². The summed E-state index contributed by atoms with van der Waals surface area (Å²) in [5.74, 6) is 0. The Kier molecular flexibility index (Phi) is 1.76. The van der Waals surface area contributed by atoms with Crippen LogP contribution < -0.4 is 5.73 Å². The first-order valence-electron chi connectivity index (χ1n) is 1.10. The van der Waals surface area contributed by atoms with Crippen LogP contribution in [0.1, 0.15) is 0 Å². The number of rotatable bonds is 1. The van der Waals surface area contributed by atoms with Gasteiger partial charge in [-0.2, -0.15) is 0 Å². The average Bonchev–Trinajstić information content (AvgIpc) is 1.38. The van der Waals surface area contributed by atoms with Crippen LogP contribution in [-0.4, -0.2) is 5.37 Å². The average molecular weight is 86.1 g/mol. The molecule has 0 amide bonds. The molecule has 0 saturated carbocycles. The molecule has 0 spiro atoms. The highest BCUT2D eigenvalue weighted by Gasteiger charge is 1.63. The van der Waals surface area contributed by atoms with Crippen molar-refractivity contribution < 1.29 is 0 Å². The quantitative estimate of drug-likeness (QED) is 0.368. The van der Waals surface area contributed by atoms with Gasteiger partial charge in [0.1, 0.15) is 0 Å². The van der Waals surface area contributed by atoms with Gasteiger partial charge in [0, 0.05) is 5.70 Å². The fourth-order valence-corrected chi connectivity index (χ4v) is 0. The lowest BCUT2D eigenvalue weighted by Crippen LogP contribution is -1.91. The predicted molar refractivity (Wildman–Crippen MR) is 25.9 cm³/mol. The maximum absolute atomic E-state index is 4.88. The fourth-order valence-electron chi connectivity index (χ4n) is 0. The first kappa shape index (κ1) is 4.63. The zero-order chi connectivity index (χ0) is 4.28. The van der Waals surface area contributed by atoms with Crippen LogP contribution in [0.3, 0.4) is 0 Å². The highest BCUT2D eigenvalue weighted by molar-refractivity contribution is 7.79. The van der Waals surface area contributed by atoms with Crippen LogP contribution in [0.25, 0.3) is 0 Å². The van der Waals surface area contributed by atoms with E-state index in [2.05, 4.69) is 24.2 Å². The van der Waals surface area contributed by atoms with E-state index in [9.17, 15) is 0 Å². The zero-order valence-electron chi connectivity index (χ0n) is 2.69. The van der Waals surface area contributed by atoms with E-state index in [4.69, 9.17) is 5.73 Å². The summed E-state index contributed by atoms with van der Waals surface area (Å²) in [6.07, 6.45) is 0. The molecule has 1 radical (unpaired) electrons. The summed E-state index contributed by atoms with van der Waals surface area (Å²) < 4.78 is 0. The SMILES string of the molecule is C=C(N)[C]=S. The van der Waals surface area contributed by atoms with E-state index < -0.39 is 0 Å². The summed E-state index contributed by atoms with van der Waals surface area (Å²) in [6.45, 7) is 3.24. The van der Waals surface area contributed by atoms with Gasteiger partial charge in [-0.25, -0.2) is 0 Å². The summed E-state index contributed by atoms with van der Waals surface area (Å²) >= 11 is 4.20. The lowest BCUT2D eigenvalue weighted by Gasteiger charge is -1.70. The highest BCUT2D eigenvalue weighted by atomic mass is 32.1. The summed E-state index contributed by atoms with van der Waals surface area (Å²) in [4.78, 5) is 0. The van der Waals surface area contributed by atoms with Crippen LogP contribution in [0.5, 0.6) is 0 Å². The van der Waals surface area contributed by atoms with Crippen LogP contribution >= 0.6 is 12.2 Å². The summed E-state index contributed by atoms with van der Waals surface area (Å²) in [7, 11) is 0. The Bertz CT molecular complexity index is 57.9. The molecule has 0 aromatic rings. The predicted octanol–water partition coefficient (Wildman–Crippen LogP) is 0.336. The molecule has 0 aliphatic heterocycles. The molecule has 0 aromatic heterocycles. The monoisotopic (exact) mass is 86.0 g/mol. The lowest BCUT2D eigenvalue weighted by atomic mass is 10.6. The third-order valence-corrected chi connectivity index (χ3v) is 0.393. The Balaban J connectivity index is 3.20. The molecule has 0 atom stereocenters. The number of thiocarbonyl (C=S) groups is 1. The molecule has 0 heterocycles. The van der Waals surface area contributed by atoms with Gasteiger partial charge in [0.25, 0.3) is 0 Å². The van der Waals surface area contributed by atoms with Crippen molar-refractivity contribution in [2.24, 2.45) is 5.73 Å². The molecule has 0 saturated heterocycles. The van der Waals surface area contributed by atoms with E-state index in [0.29, 0.717) is 5.70 Å². The number of allylic oxidation sites excluding steroid dienone is 1. The first-order chi connectivity index (χ1) is 2.27. The van der Waals surface area contributed by atoms with Gasteiger partial charge in [-0.15, -0.1) is 0 Å². The summed E-state index contributed by atoms with van der Waals surface area (Å²) in [5, 5.41) is 2.19. The molecule has 2 heteroatoms. The molecule has 1 nitrogen and oxygen atoms in total. The lowest BCUT2D eigenvalue weighted by molar-refractivity contribution is 1.55. The van der Waals surface area contributed by atoms with Gasteiger partial charge in [-0.05, 0) is 0 Å². The topological polar surface area (TPSA) is 26.0 Å². The Labute approximate surface area is 36.5 Å². The minimum atomic E-state index is 0.319. The molecule has 0 aliphatic rings. The van der Waals surface area contributed by atoms with Crippen molar-refractivity contribution >= 4 is 17.6 Å². The van der Waals surface area contributed by atoms with Gasteiger partial charge in [0.2, 0.25) is 0 Å².